The summed E-state index contributed by atoms with van der Waals surface area (Å²) in [6.07, 6.45) is 1.83. The monoisotopic (exact) mass is 281 g/mol. The van der Waals surface area contributed by atoms with E-state index in [1.807, 2.05) is 30.3 Å². The minimum atomic E-state index is -0.0882. The van der Waals surface area contributed by atoms with Crippen molar-refractivity contribution in [3.8, 4) is 0 Å². The molecule has 0 amide bonds. The zero-order valence-corrected chi connectivity index (χ0v) is 12.6. The molecule has 1 aromatic rings. The van der Waals surface area contributed by atoms with E-state index in [0.717, 1.165) is 25.0 Å². The summed E-state index contributed by atoms with van der Waals surface area (Å²) in [6, 6.07) is 9.98. The molecular weight excluding hydrogens is 254 g/mol. The summed E-state index contributed by atoms with van der Waals surface area (Å²) in [4.78, 5) is 0. The molecule has 0 spiro atoms. The highest BCUT2D eigenvalue weighted by Gasteiger charge is 2.17. The van der Waals surface area contributed by atoms with E-state index in [-0.39, 0.29) is 12.1 Å². The van der Waals surface area contributed by atoms with Crippen LogP contribution in [0.1, 0.15) is 31.4 Å². The molecule has 4 nitrogen and oxygen atoms in total. The standard InChI is InChI=1S/C16H27NO3/c1-3-15(16(17)14-8-5-4-6-9-14)20-13-12-19-11-7-10-18-2/h4-6,8-9,15-16H,3,7,10-13,17H2,1-2H3. The first kappa shape index (κ1) is 17.1. The highest BCUT2D eigenvalue weighted by molar-refractivity contribution is 5.19. The van der Waals surface area contributed by atoms with Crippen molar-refractivity contribution < 1.29 is 14.2 Å². The average molecular weight is 281 g/mol. The van der Waals surface area contributed by atoms with Gasteiger partial charge in [0.1, 0.15) is 0 Å². The number of hydrogen-bond acceptors (Lipinski definition) is 4. The molecule has 0 bridgehead atoms. The topological polar surface area (TPSA) is 53.7 Å². The van der Waals surface area contributed by atoms with Crippen molar-refractivity contribution in [2.75, 3.05) is 33.5 Å². The number of rotatable bonds is 11. The SMILES string of the molecule is CCC(OCCOCCCOC)C(N)c1ccccc1. The molecule has 0 aliphatic carbocycles. The van der Waals surface area contributed by atoms with Crippen molar-refractivity contribution >= 4 is 0 Å². The van der Waals surface area contributed by atoms with Crippen LogP contribution in [0.3, 0.4) is 0 Å². The first-order chi connectivity index (χ1) is 9.79. The maximum Gasteiger partial charge on any atom is 0.0766 e. The van der Waals surface area contributed by atoms with Gasteiger partial charge in [-0.15, -0.1) is 0 Å². The summed E-state index contributed by atoms with van der Waals surface area (Å²) in [5, 5.41) is 0. The van der Waals surface area contributed by atoms with Crippen LogP contribution in [0, 0.1) is 0 Å². The summed E-state index contributed by atoms with van der Waals surface area (Å²) < 4.78 is 16.3. The van der Waals surface area contributed by atoms with Gasteiger partial charge in [0.2, 0.25) is 0 Å². The van der Waals surface area contributed by atoms with Crippen LogP contribution >= 0.6 is 0 Å². The van der Waals surface area contributed by atoms with Gasteiger partial charge < -0.3 is 19.9 Å². The summed E-state index contributed by atoms with van der Waals surface area (Å²) in [5.41, 5.74) is 7.36. The van der Waals surface area contributed by atoms with Crippen molar-refractivity contribution in [3.63, 3.8) is 0 Å². The number of nitrogens with two attached hydrogens (primary N) is 1. The van der Waals surface area contributed by atoms with Crippen LogP contribution in [0.15, 0.2) is 30.3 Å². The van der Waals surface area contributed by atoms with Crippen molar-refractivity contribution in [1.29, 1.82) is 0 Å². The fourth-order valence-electron chi connectivity index (χ4n) is 2.03. The van der Waals surface area contributed by atoms with E-state index in [1.165, 1.54) is 0 Å². The van der Waals surface area contributed by atoms with Crippen LogP contribution in [-0.4, -0.2) is 39.6 Å². The van der Waals surface area contributed by atoms with E-state index in [2.05, 4.69) is 6.92 Å². The Morgan fingerprint density at radius 1 is 1.05 bits per heavy atom. The summed E-state index contributed by atoms with van der Waals surface area (Å²) >= 11 is 0. The van der Waals surface area contributed by atoms with Gasteiger partial charge in [0.05, 0.1) is 25.4 Å². The number of hydrogen-bond donors (Lipinski definition) is 1. The first-order valence-electron chi connectivity index (χ1n) is 7.28. The van der Waals surface area contributed by atoms with Gasteiger partial charge in [0.25, 0.3) is 0 Å². The second-order valence-corrected chi connectivity index (χ2v) is 4.71. The van der Waals surface area contributed by atoms with Gasteiger partial charge >= 0.3 is 0 Å². The van der Waals surface area contributed by atoms with Crippen molar-refractivity contribution in [2.24, 2.45) is 5.73 Å². The Bertz CT molecular complexity index is 332. The fraction of sp³-hybridized carbons (Fsp3) is 0.625. The predicted molar refractivity (Wildman–Crippen MR) is 80.7 cm³/mol. The molecule has 114 valence electrons. The zero-order valence-electron chi connectivity index (χ0n) is 12.6. The smallest absolute Gasteiger partial charge is 0.0766 e. The second kappa shape index (κ2) is 10.8. The third-order valence-electron chi connectivity index (χ3n) is 3.18. The maximum absolute atomic E-state index is 6.25. The third-order valence-corrected chi connectivity index (χ3v) is 3.18. The van der Waals surface area contributed by atoms with E-state index >= 15 is 0 Å². The molecular formula is C16H27NO3. The van der Waals surface area contributed by atoms with Crippen LogP contribution in [0.2, 0.25) is 0 Å². The van der Waals surface area contributed by atoms with Gasteiger partial charge in [-0.25, -0.2) is 0 Å². The van der Waals surface area contributed by atoms with Gasteiger partial charge in [0.15, 0.2) is 0 Å². The fourth-order valence-corrected chi connectivity index (χ4v) is 2.03. The Morgan fingerprint density at radius 3 is 2.45 bits per heavy atom. The summed E-state index contributed by atoms with van der Waals surface area (Å²) in [5.74, 6) is 0. The number of ether oxygens (including phenoxy) is 3. The van der Waals surface area contributed by atoms with Gasteiger partial charge in [-0.05, 0) is 18.4 Å². The Balaban J connectivity index is 2.22. The van der Waals surface area contributed by atoms with Crippen LogP contribution in [0.25, 0.3) is 0 Å². The number of benzene rings is 1. The molecule has 0 aliphatic rings. The molecule has 1 rings (SSSR count). The lowest BCUT2D eigenvalue weighted by atomic mass is 10.0. The van der Waals surface area contributed by atoms with E-state index in [4.69, 9.17) is 19.9 Å². The molecule has 2 atom stereocenters. The Morgan fingerprint density at radius 2 is 1.80 bits per heavy atom. The van der Waals surface area contributed by atoms with E-state index in [9.17, 15) is 0 Å². The van der Waals surface area contributed by atoms with Crippen LogP contribution in [0.5, 0.6) is 0 Å². The van der Waals surface area contributed by atoms with E-state index in [1.54, 1.807) is 7.11 Å². The summed E-state index contributed by atoms with van der Waals surface area (Å²) in [6.45, 7) is 4.71. The first-order valence-corrected chi connectivity index (χ1v) is 7.28. The second-order valence-electron chi connectivity index (χ2n) is 4.71. The quantitative estimate of drug-likeness (QED) is 0.633. The molecule has 2 N–H and O–H groups in total. The van der Waals surface area contributed by atoms with Crippen LogP contribution < -0.4 is 5.73 Å². The minimum absolute atomic E-state index is 0.0278. The average Bonchev–Trinajstić information content (AvgIpc) is 2.50. The molecule has 4 heteroatoms. The van der Waals surface area contributed by atoms with E-state index in [0.29, 0.717) is 19.8 Å². The van der Waals surface area contributed by atoms with Gasteiger partial charge in [-0.1, -0.05) is 37.3 Å². The molecule has 0 heterocycles. The number of methoxy groups -OCH3 is 1. The third kappa shape index (κ3) is 6.48. The molecule has 0 aromatic heterocycles. The molecule has 2 unspecified atom stereocenters. The van der Waals surface area contributed by atoms with Gasteiger partial charge in [-0.2, -0.15) is 0 Å². The Labute approximate surface area is 122 Å². The normalized spacial score (nSPS) is 14.2. The lowest BCUT2D eigenvalue weighted by Gasteiger charge is -2.23. The van der Waals surface area contributed by atoms with Crippen molar-refractivity contribution in [3.05, 3.63) is 35.9 Å². The van der Waals surface area contributed by atoms with Crippen molar-refractivity contribution in [1.82, 2.24) is 0 Å². The van der Waals surface area contributed by atoms with Gasteiger partial charge in [-0.3, -0.25) is 0 Å². The molecule has 0 saturated heterocycles. The Kier molecular flexibility index (Phi) is 9.24. The molecule has 1 aromatic carbocycles. The molecule has 0 saturated carbocycles. The Hall–Kier alpha value is -0.940. The van der Waals surface area contributed by atoms with Crippen LogP contribution in [-0.2, 0) is 14.2 Å². The highest BCUT2D eigenvalue weighted by atomic mass is 16.5. The largest absolute Gasteiger partial charge is 0.385 e. The summed E-state index contributed by atoms with van der Waals surface area (Å²) in [7, 11) is 1.69. The minimum Gasteiger partial charge on any atom is -0.385 e. The molecule has 20 heavy (non-hydrogen) atoms. The molecule has 0 fully saturated rings. The molecule has 0 aliphatic heterocycles. The lowest BCUT2D eigenvalue weighted by Crippen LogP contribution is -2.29. The van der Waals surface area contributed by atoms with E-state index < -0.39 is 0 Å². The zero-order chi connectivity index (χ0) is 14.6. The predicted octanol–water partition coefficient (Wildman–Crippen LogP) is 2.53. The maximum atomic E-state index is 6.25. The van der Waals surface area contributed by atoms with Crippen molar-refractivity contribution in [2.45, 2.75) is 31.9 Å². The van der Waals surface area contributed by atoms with Gasteiger partial charge in [0, 0.05) is 20.3 Å². The molecule has 0 radical (unpaired) electrons. The highest BCUT2D eigenvalue weighted by Crippen LogP contribution is 2.18. The lowest BCUT2D eigenvalue weighted by molar-refractivity contribution is -0.0104. The van der Waals surface area contributed by atoms with Crippen LogP contribution in [0.4, 0.5) is 0 Å².